The zero-order chi connectivity index (χ0) is 22.5. The fourth-order valence-corrected chi connectivity index (χ4v) is 8.07. The van der Waals surface area contributed by atoms with Gasteiger partial charge in [-0.05, 0) is 17.2 Å². The summed E-state index contributed by atoms with van der Waals surface area (Å²) in [6.07, 6.45) is 10.6. The quantitative estimate of drug-likeness (QED) is 0.237. The standard InChI is InChI=1S/C27H40O3Si/c1-4-5-6-7-8-9-10-11-18-31(3,26-16-12-14-24(19-26)21-28)27-17-13-15-25(20-27)22-30-23(2)29/h12-17,19-20,28H,4-11,18,21-22H2,1-3H3/t31-/m0/s1. The van der Waals surface area contributed by atoms with Crippen molar-refractivity contribution in [2.45, 2.75) is 91.0 Å². The van der Waals surface area contributed by atoms with Crippen molar-refractivity contribution in [3.8, 4) is 0 Å². The van der Waals surface area contributed by atoms with Crippen LogP contribution in [0, 0.1) is 0 Å². The van der Waals surface area contributed by atoms with Gasteiger partial charge < -0.3 is 9.84 Å². The summed E-state index contributed by atoms with van der Waals surface area (Å²) in [6.45, 7) is 6.55. The van der Waals surface area contributed by atoms with Crippen LogP contribution in [-0.2, 0) is 22.7 Å². The molecule has 0 aliphatic carbocycles. The molecule has 0 bridgehead atoms. The second kappa shape index (κ2) is 13.5. The van der Waals surface area contributed by atoms with Crippen LogP contribution in [0.3, 0.4) is 0 Å². The molecule has 0 saturated carbocycles. The summed E-state index contributed by atoms with van der Waals surface area (Å²) < 4.78 is 5.23. The largest absolute Gasteiger partial charge is 0.461 e. The molecular weight excluding hydrogens is 400 g/mol. The van der Waals surface area contributed by atoms with E-state index in [2.05, 4.69) is 49.9 Å². The Kier molecular flexibility index (Phi) is 11.0. The van der Waals surface area contributed by atoms with Crippen molar-refractivity contribution in [1.29, 1.82) is 0 Å². The second-order valence-corrected chi connectivity index (χ2v) is 13.2. The molecule has 0 amide bonds. The lowest BCUT2D eigenvalue weighted by Gasteiger charge is -2.30. The summed E-state index contributed by atoms with van der Waals surface area (Å²) in [5, 5.41) is 12.4. The van der Waals surface area contributed by atoms with Crippen LogP contribution in [0.5, 0.6) is 0 Å². The van der Waals surface area contributed by atoms with Crippen molar-refractivity contribution >= 4 is 24.4 Å². The maximum atomic E-state index is 11.2. The molecule has 0 aliphatic rings. The van der Waals surface area contributed by atoms with Gasteiger partial charge in [-0.1, -0.05) is 124 Å². The third-order valence-corrected chi connectivity index (χ3v) is 10.8. The summed E-state index contributed by atoms with van der Waals surface area (Å²) in [6, 6.07) is 18.3. The number of hydrogen-bond donors (Lipinski definition) is 1. The van der Waals surface area contributed by atoms with E-state index in [0.29, 0.717) is 6.61 Å². The number of carbonyl (C=O) groups excluding carboxylic acids is 1. The van der Waals surface area contributed by atoms with E-state index >= 15 is 0 Å². The first-order chi connectivity index (χ1) is 15.0. The lowest BCUT2D eigenvalue weighted by atomic mass is 10.1. The van der Waals surface area contributed by atoms with Crippen LogP contribution in [0.2, 0.25) is 12.6 Å². The van der Waals surface area contributed by atoms with Gasteiger partial charge in [0, 0.05) is 6.92 Å². The molecule has 31 heavy (non-hydrogen) atoms. The maximum absolute atomic E-state index is 11.2. The Labute approximate surface area is 189 Å². The van der Waals surface area contributed by atoms with Crippen LogP contribution in [0.25, 0.3) is 0 Å². The minimum absolute atomic E-state index is 0.0720. The third-order valence-electron chi connectivity index (χ3n) is 6.28. The van der Waals surface area contributed by atoms with E-state index in [1.54, 1.807) is 0 Å². The van der Waals surface area contributed by atoms with Crippen LogP contribution in [0.1, 0.15) is 76.3 Å². The lowest BCUT2D eigenvalue weighted by molar-refractivity contribution is -0.142. The molecule has 0 fully saturated rings. The van der Waals surface area contributed by atoms with Gasteiger partial charge in [0.1, 0.15) is 14.7 Å². The van der Waals surface area contributed by atoms with Crippen LogP contribution in [0.15, 0.2) is 48.5 Å². The fraction of sp³-hybridized carbons (Fsp3) is 0.519. The third kappa shape index (κ3) is 8.27. The number of aliphatic hydroxyl groups is 1. The van der Waals surface area contributed by atoms with Gasteiger partial charge in [0.05, 0.1) is 6.61 Å². The average molecular weight is 441 g/mol. The first kappa shape index (κ1) is 25.3. The predicted octanol–water partition coefficient (Wildman–Crippen LogP) is 5.58. The van der Waals surface area contributed by atoms with Crippen molar-refractivity contribution in [1.82, 2.24) is 0 Å². The van der Waals surface area contributed by atoms with E-state index in [1.165, 1.54) is 74.7 Å². The summed E-state index contributed by atoms with van der Waals surface area (Å²) in [7, 11) is -1.97. The van der Waals surface area contributed by atoms with Gasteiger partial charge in [0.2, 0.25) is 0 Å². The minimum atomic E-state index is -1.97. The maximum Gasteiger partial charge on any atom is 0.302 e. The van der Waals surface area contributed by atoms with Crippen molar-refractivity contribution in [2.24, 2.45) is 0 Å². The molecule has 1 atom stereocenters. The van der Waals surface area contributed by atoms with Crippen LogP contribution >= 0.6 is 0 Å². The molecule has 0 radical (unpaired) electrons. The Morgan fingerprint density at radius 2 is 1.42 bits per heavy atom. The normalized spacial score (nSPS) is 13.0. The summed E-state index contributed by atoms with van der Waals surface area (Å²) in [5.41, 5.74) is 2.02. The molecule has 0 aromatic heterocycles. The van der Waals surface area contributed by atoms with E-state index in [9.17, 15) is 9.90 Å². The zero-order valence-corrected chi connectivity index (χ0v) is 20.7. The molecule has 3 nitrogen and oxygen atoms in total. The number of ether oxygens (including phenoxy) is 1. The van der Waals surface area contributed by atoms with E-state index in [4.69, 9.17) is 4.74 Å². The topological polar surface area (TPSA) is 46.5 Å². The van der Waals surface area contributed by atoms with E-state index in [-0.39, 0.29) is 12.6 Å². The Bertz CT molecular complexity index is 805. The fourth-order valence-electron chi connectivity index (χ4n) is 4.27. The molecule has 0 unspecified atom stereocenters. The molecule has 0 saturated heterocycles. The molecule has 0 spiro atoms. The van der Waals surface area contributed by atoms with E-state index in [1.807, 2.05) is 12.1 Å². The number of esters is 1. The summed E-state index contributed by atoms with van der Waals surface area (Å²) in [5.74, 6) is -0.250. The van der Waals surface area contributed by atoms with Gasteiger partial charge in [0.15, 0.2) is 0 Å². The smallest absolute Gasteiger partial charge is 0.302 e. The highest BCUT2D eigenvalue weighted by Crippen LogP contribution is 2.19. The molecule has 1 N–H and O–H groups in total. The molecule has 2 aromatic carbocycles. The Morgan fingerprint density at radius 1 is 0.871 bits per heavy atom. The van der Waals surface area contributed by atoms with Crippen molar-refractivity contribution in [3.05, 3.63) is 59.7 Å². The number of unbranched alkanes of at least 4 members (excludes halogenated alkanes) is 7. The van der Waals surface area contributed by atoms with Gasteiger partial charge in [-0.25, -0.2) is 0 Å². The number of benzene rings is 2. The highest BCUT2D eigenvalue weighted by molar-refractivity contribution is 7.01. The number of carbonyl (C=O) groups is 1. The van der Waals surface area contributed by atoms with Crippen LogP contribution in [0.4, 0.5) is 0 Å². The van der Waals surface area contributed by atoms with E-state index in [0.717, 1.165) is 11.1 Å². The first-order valence-electron chi connectivity index (χ1n) is 11.9. The molecule has 170 valence electrons. The van der Waals surface area contributed by atoms with Gasteiger partial charge in [-0.3, -0.25) is 4.79 Å². The molecule has 2 aromatic rings. The lowest BCUT2D eigenvalue weighted by Crippen LogP contribution is -2.55. The van der Waals surface area contributed by atoms with Crippen molar-refractivity contribution in [2.75, 3.05) is 0 Å². The number of hydrogen-bond acceptors (Lipinski definition) is 3. The first-order valence-corrected chi connectivity index (χ1v) is 14.6. The van der Waals surface area contributed by atoms with Gasteiger partial charge in [-0.2, -0.15) is 0 Å². The average Bonchev–Trinajstić information content (AvgIpc) is 2.79. The SMILES string of the molecule is CCCCCCCCCC[Si@@](C)(c1cccc(CO)c1)c1cccc(COC(C)=O)c1. The van der Waals surface area contributed by atoms with Gasteiger partial charge in [0.25, 0.3) is 0 Å². The van der Waals surface area contributed by atoms with Crippen molar-refractivity contribution < 1.29 is 14.6 Å². The Morgan fingerprint density at radius 3 is 2.00 bits per heavy atom. The Balaban J connectivity index is 2.15. The minimum Gasteiger partial charge on any atom is -0.461 e. The number of rotatable bonds is 14. The van der Waals surface area contributed by atoms with Crippen molar-refractivity contribution in [3.63, 3.8) is 0 Å². The summed E-state index contributed by atoms with van der Waals surface area (Å²) >= 11 is 0. The highest BCUT2D eigenvalue weighted by atomic mass is 28.3. The number of aliphatic hydroxyl groups excluding tert-OH is 1. The van der Waals surface area contributed by atoms with Crippen LogP contribution < -0.4 is 10.4 Å². The molecule has 4 heteroatoms. The predicted molar refractivity (Wildman–Crippen MR) is 133 cm³/mol. The van der Waals surface area contributed by atoms with Crippen LogP contribution in [-0.4, -0.2) is 19.1 Å². The summed E-state index contributed by atoms with van der Waals surface area (Å²) in [4.78, 5) is 11.2. The molecule has 2 rings (SSSR count). The zero-order valence-electron chi connectivity index (χ0n) is 19.7. The Hall–Kier alpha value is -1.91. The highest BCUT2D eigenvalue weighted by Gasteiger charge is 2.31. The van der Waals surface area contributed by atoms with Gasteiger partial charge in [-0.15, -0.1) is 0 Å². The molecular formula is C27H40O3Si. The second-order valence-electron chi connectivity index (χ2n) is 8.90. The molecule has 0 heterocycles. The van der Waals surface area contributed by atoms with E-state index < -0.39 is 8.07 Å². The molecule has 0 aliphatic heterocycles. The monoisotopic (exact) mass is 440 g/mol. The van der Waals surface area contributed by atoms with Gasteiger partial charge >= 0.3 is 5.97 Å².